The number of amides is 1. The van der Waals surface area contributed by atoms with E-state index < -0.39 is 28.0 Å². The number of unbranched alkanes of at least 4 members (excludes halogenated alkanes) is 28. The highest BCUT2D eigenvalue weighted by atomic mass is 32.2. The monoisotopic (exact) mass is 712 g/mol. The van der Waals surface area contributed by atoms with E-state index in [-0.39, 0.29) is 5.91 Å². The fourth-order valence-electron chi connectivity index (χ4n) is 6.44. The summed E-state index contributed by atoms with van der Waals surface area (Å²) < 4.78 is 32.4. The molecule has 0 spiro atoms. The SMILES string of the molecule is CCCCCCCCCC/C=C\CCCCCCCCCCCCCC(=O)NC(CS(=O)(=O)O)C(O)/C=C/CCCCCCCCCCC. The van der Waals surface area contributed by atoms with Crippen LogP contribution in [0.3, 0.4) is 0 Å². The van der Waals surface area contributed by atoms with Gasteiger partial charge in [0.2, 0.25) is 5.91 Å². The second kappa shape index (κ2) is 36.6. The van der Waals surface area contributed by atoms with Crippen molar-refractivity contribution in [1.29, 1.82) is 0 Å². The molecule has 0 aromatic carbocycles. The van der Waals surface area contributed by atoms with Gasteiger partial charge in [0, 0.05) is 6.42 Å². The van der Waals surface area contributed by atoms with Gasteiger partial charge in [-0.15, -0.1) is 0 Å². The van der Waals surface area contributed by atoms with Gasteiger partial charge < -0.3 is 10.4 Å². The smallest absolute Gasteiger partial charge is 0.267 e. The van der Waals surface area contributed by atoms with Crippen molar-refractivity contribution in [2.75, 3.05) is 5.75 Å². The quantitative estimate of drug-likeness (QED) is 0.0336. The van der Waals surface area contributed by atoms with E-state index in [1.165, 1.54) is 161 Å². The first-order valence-corrected chi connectivity index (χ1v) is 22.6. The van der Waals surface area contributed by atoms with Crippen molar-refractivity contribution in [1.82, 2.24) is 5.32 Å². The van der Waals surface area contributed by atoms with Crippen LogP contribution in [0.15, 0.2) is 24.3 Å². The Balaban J connectivity index is 3.80. The number of aliphatic hydroxyl groups is 1. The van der Waals surface area contributed by atoms with Gasteiger partial charge in [0.05, 0.1) is 17.9 Å². The summed E-state index contributed by atoms with van der Waals surface area (Å²) in [6.45, 7) is 4.51. The van der Waals surface area contributed by atoms with Crippen molar-refractivity contribution in [3.63, 3.8) is 0 Å². The van der Waals surface area contributed by atoms with Crippen LogP contribution in [0.25, 0.3) is 0 Å². The van der Waals surface area contributed by atoms with Crippen LogP contribution in [0, 0.1) is 0 Å². The molecule has 0 bridgehead atoms. The van der Waals surface area contributed by atoms with Crippen LogP contribution >= 0.6 is 0 Å². The summed E-state index contributed by atoms with van der Waals surface area (Å²) >= 11 is 0. The first-order chi connectivity index (χ1) is 23.8. The van der Waals surface area contributed by atoms with Crippen molar-refractivity contribution in [2.24, 2.45) is 0 Å². The lowest BCUT2D eigenvalue weighted by Crippen LogP contribution is -2.46. The molecule has 0 aromatic heterocycles. The van der Waals surface area contributed by atoms with Crippen molar-refractivity contribution < 1.29 is 22.9 Å². The fraction of sp³-hybridized carbons (Fsp3) is 0.881. The standard InChI is InChI=1S/C42H81NO5S/c1-3-5-7-9-11-13-15-16-17-18-19-20-21-22-23-24-25-26-28-30-32-34-36-38-42(45)43-40(39-49(46,47)48)41(44)37-35-33-31-29-27-14-12-10-8-6-4-2/h18-19,35,37,40-41,44H,3-17,20-34,36,38-39H2,1-2H3,(H,43,45)(H,46,47,48)/b19-18-,37-35+. The fourth-order valence-corrected chi connectivity index (χ4v) is 7.18. The lowest BCUT2D eigenvalue weighted by atomic mass is 10.0. The minimum atomic E-state index is -4.34. The van der Waals surface area contributed by atoms with Gasteiger partial charge in [-0.1, -0.05) is 192 Å². The van der Waals surface area contributed by atoms with E-state index in [1.807, 2.05) is 6.08 Å². The minimum absolute atomic E-state index is 0.279. The van der Waals surface area contributed by atoms with E-state index >= 15 is 0 Å². The molecule has 0 aromatic rings. The number of hydrogen-bond donors (Lipinski definition) is 3. The molecule has 0 rings (SSSR count). The average Bonchev–Trinajstić information content (AvgIpc) is 3.06. The number of hydrogen-bond acceptors (Lipinski definition) is 4. The van der Waals surface area contributed by atoms with Gasteiger partial charge in [-0.25, -0.2) is 0 Å². The largest absolute Gasteiger partial charge is 0.387 e. The van der Waals surface area contributed by atoms with E-state index in [2.05, 4.69) is 31.3 Å². The highest BCUT2D eigenvalue weighted by Crippen LogP contribution is 2.15. The van der Waals surface area contributed by atoms with Gasteiger partial charge in [-0.3, -0.25) is 9.35 Å². The molecule has 3 N–H and O–H groups in total. The van der Waals surface area contributed by atoms with Gasteiger partial charge in [0.1, 0.15) is 0 Å². The molecule has 0 heterocycles. The Morgan fingerprint density at radius 3 is 1.22 bits per heavy atom. The van der Waals surface area contributed by atoms with E-state index in [1.54, 1.807) is 6.08 Å². The van der Waals surface area contributed by atoms with Crippen LogP contribution in [0.5, 0.6) is 0 Å². The zero-order valence-corrected chi connectivity index (χ0v) is 33.1. The van der Waals surface area contributed by atoms with E-state index in [0.717, 1.165) is 38.5 Å². The van der Waals surface area contributed by atoms with Crippen molar-refractivity contribution in [3.8, 4) is 0 Å². The molecule has 0 aliphatic carbocycles. The maximum Gasteiger partial charge on any atom is 0.267 e. The summed E-state index contributed by atoms with van der Waals surface area (Å²) in [5.41, 5.74) is 0. The Hall–Kier alpha value is -1.18. The lowest BCUT2D eigenvalue weighted by molar-refractivity contribution is -0.122. The number of allylic oxidation sites excluding steroid dienone is 3. The molecular formula is C42H81NO5S. The highest BCUT2D eigenvalue weighted by molar-refractivity contribution is 7.85. The average molecular weight is 712 g/mol. The predicted molar refractivity (Wildman–Crippen MR) is 212 cm³/mol. The van der Waals surface area contributed by atoms with Crippen LogP contribution in [-0.2, 0) is 14.9 Å². The topological polar surface area (TPSA) is 104 Å². The number of carbonyl (C=O) groups is 1. The molecule has 0 radical (unpaired) electrons. The summed E-state index contributed by atoms with van der Waals surface area (Å²) in [7, 11) is -4.34. The molecule has 290 valence electrons. The first-order valence-electron chi connectivity index (χ1n) is 21.0. The van der Waals surface area contributed by atoms with Gasteiger partial charge >= 0.3 is 0 Å². The predicted octanol–water partition coefficient (Wildman–Crippen LogP) is 12.4. The van der Waals surface area contributed by atoms with E-state index in [9.17, 15) is 22.9 Å². The maximum absolute atomic E-state index is 12.5. The van der Waals surface area contributed by atoms with Gasteiger partial charge in [-0.05, 0) is 44.9 Å². The molecule has 0 saturated heterocycles. The third kappa shape index (κ3) is 37.9. The van der Waals surface area contributed by atoms with Gasteiger partial charge in [-0.2, -0.15) is 8.42 Å². The van der Waals surface area contributed by atoms with Crippen LogP contribution in [0.1, 0.15) is 219 Å². The molecule has 7 heteroatoms. The Morgan fingerprint density at radius 2 is 0.857 bits per heavy atom. The van der Waals surface area contributed by atoms with Crippen LogP contribution in [0.4, 0.5) is 0 Å². The van der Waals surface area contributed by atoms with Crippen LogP contribution in [-0.4, -0.2) is 41.9 Å². The number of aliphatic hydroxyl groups excluding tert-OH is 1. The highest BCUT2D eigenvalue weighted by Gasteiger charge is 2.24. The summed E-state index contributed by atoms with van der Waals surface area (Å²) in [4.78, 5) is 12.5. The molecule has 0 saturated carbocycles. The van der Waals surface area contributed by atoms with Gasteiger partial charge in [0.15, 0.2) is 0 Å². The van der Waals surface area contributed by atoms with E-state index in [0.29, 0.717) is 6.42 Å². The molecule has 2 unspecified atom stereocenters. The lowest BCUT2D eigenvalue weighted by Gasteiger charge is -2.21. The van der Waals surface area contributed by atoms with Crippen molar-refractivity contribution in [2.45, 2.75) is 231 Å². The number of nitrogens with one attached hydrogen (secondary N) is 1. The number of carbonyl (C=O) groups excluding carboxylic acids is 1. The van der Waals surface area contributed by atoms with Crippen LogP contribution < -0.4 is 5.32 Å². The Morgan fingerprint density at radius 1 is 0.531 bits per heavy atom. The molecule has 0 aliphatic heterocycles. The third-order valence-electron chi connectivity index (χ3n) is 9.62. The molecule has 2 atom stereocenters. The molecule has 49 heavy (non-hydrogen) atoms. The summed E-state index contributed by atoms with van der Waals surface area (Å²) in [6, 6.07) is -1.05. The summed E-state index contributed by atoms with van der Waals surface area (Å²) in [5, 5.41) is 13.2. The molecular weight excluding hydrogens is 631 g/mol. The van der Waals surface area contributed by atoms with Crippen LogP contribution in [0.2, 0.25) is 0 Å². The summed E-state index contributed by atoms with van der Waals surface area (Å²) in [5.74, 6) is -0.974. The Bertz CT molecular complexity index is 872. The minimum Gasteiger partial charge on any atom is -0.387 e. The maximum atomic E-state index is 12.5. The normalized spacial score (nSPS) is 13.5. The zero-order valence-electron chi connectivity index (χ0n) is 32.3. The third-order valence-corrected chi connectivity index (χ3v) is 10.4. The number of rotatable bonds is 38. The van der Waals surface area contributed by atoms with Crippen molar-refractivity contribution >= 4 is 16.0 Å². The second-order valence-corrected chi connectivity index (χ2v) is 16.1. The zero-order chi connectivity index (χ0) is 36.1. The second-order valence-electron chi connectivity index (χ2n) is 14.6. The van der Waals surface area contributed by atoms with Gasteiger partial charge in [0.25, 0.3) is 10.1 Å². The first kappa shape index (κ1) is 47.8. The molecule has 1 amide bonds. The summed E-state index contributed by atoms with van der Waals surface area (Å²) in [6.07, 6.45) is 46.0. The van der Waals surface area contributed by atoms with Crippen molar-refractivity contribution in [3.05, 3.63) is 24.3 Å². The van der Waals surface area contributed by atoms with E-state index in [4.69, 9.17) is 0 Å². The Kier molecular flexibility index (Phi) is 35.7. The molecule has 6 nitrogen and oxygen atoms in total. The Labute approximate surface area is 304 Å². The molecule has 0 fully saturated rings. The molecule has 0 aliphatic rings.